The Bertz CT molecular complexity index is 1300. The van der Waals surface area contributed by atoms with Crippen molar-refractivity contribution >= 4 is 39.3 Å². The summed E-state index contributed by atoms with van der Waals surface area (Å²) in [4.78, 5) is 31.5. The number of carbonyl (C=O) groups is 2. The maximum absolute atomic E-state index is 13.8. The number of hydrogen-bond donors (Lipinski definition) is 1. The zero-order valence-electron chi connectivity index (χ0n) is 19.9. The molecule has 1 aromatic carbocycles. The van der Waals surface area contributed by atoms with E-state index in [1.807, 2.05) is 16.5 Å². The van der Waals surface area contributed by atoms with Crippen molar-refractivity contribution in [3.63, 3.8) is 0 Å². The number of nitriles is 1. The van der Waals surface area contributed by atoms with Gasteiger partial charge < -0.3 is 4.90 Å². The van der Waals surface area contributed by atoms with Crippen molar-refractivity contribution in [2.24, 2.45) is 5.92 Å². The second-order valence-electron chi connectivity index (χ2n) is 8.42. The lowest BCUT2D eigenvalue weighted by atomic mass is 9.96. The van der Waals surface area contributed by atoms with Crippen LogP contribution in [-0.2, 0) is 20.6 Å². The van der Waals surface area contributed by atoms with Gasteiger partial charge in [-0.05, 0) is 37.7 Å². The number of pyridine rings is 1. The Hall–Kier alpha value is -3.04. The molecule has 1 aliphatic heterocycles. The van der Waals surface area contributed by atoms with Crippen LogP contribution in [0.4, 0.5) is 14.6 Å². The molecule has 36 heavy (non-hydrogen) atoms. The van der Waals surface area contributed by atoms with E-state index in [4.69, 9.17) is 0 Å². The number of piperidine rings is 1. The fourth-order valence-corrected chi connectivity index (χ4v) is 5.76. The lowest BCUT2D eigenvalue weighted by molar-refractivity contribution is -0.123. The molecular weight excluding hydrogens is 510 g/mol. The van der Waals surface area contributed by atoms with E-state index in [0.717, 1.165) is 12.1 Å². The highest BCUT2D eigenvalue weighted by atomic mass is 32.2. The second kappa shape index (κ2) is 11.8. The molecule has 8 nitrogen and oxygen atoms in total. The van der Waals surface area contributed by atoms with Gasteiger partial charge in [-0.1, -0.05) is 13.0 Å². The van der Waals surface area contributed by atoms with Gasteiger partial charge in [-0.3, -0.25) is 14.3 Å². The molecule has 1 aliphatic rings. The Balaban J connectivity index is 1.68. The molecule has 1 amide bonds. The quantitative estimate of drug-likeness (QED) is 0.380. The van der Waals surface area contributed by atoms with Crippen LogP contribution in [0.15, 0.2) is 29.3 Å². The van der Waals surface area contributed by atoms with Crippen LogP contribution in [0.25, 0.3) is 0 Å². The molecule has 12 heteroatoms. The monoisotopic (exact) mass is 536 g/mol. The molecule has 0 saturated carbocycles. The SMILES string of the molecule is CCCC(=O)c1cc(C#N)c(N2CCC(C(=O)NS(=O)(=O)Cc3ccc(F)cc3F)CC2)nc1SC. The molecule has 1 N–H and O–H groups in total. The van der Waals surface area contributed by atoms with E-state index in [1.165, 1.54) is 11.8 Å². The van der Waals surface area contributed by atoms with Gasteiger partial charge in [-0.25, -0.2) is 22.2 Å². The average molecular weight is 537 g/mol. The Morgan fingerprint density at radius 1 is 1.25 bits per heavy atom. The summed E-state index contributed by atoms with van der Waals surface area (Å²) in [6.45, 7) is 2.60. The molecule has 2 heterocycles. The number of benzene rings is 1. The van der Waals surface area contributed by atoms with Crippen molar-refractivity contribution < 1.29 is 26.8 Å². The lowest BCUT2D eigenvalue weighted by Gasteiger charge is -2.32. The first-order valence-corrected chi connectivity index (χ1v) is 14.2. The summed E-state index contributed by atoms with van der Waals surface area (Å²) in [6, 6.07) is 6.22. The summed E-state index contributed by atoms with van der Waals surface area (Å²) in [7, 11) is -4.19. The summed E-state index contributed by atoms with van der Waals surface area (Å²) in [5, 5.41) is 10.2. The molecule has 3 rings (SSSR count). The second-order valence-corrected chi connectivity index (χ2v) is 10.9. The third-order valence-corrected chi connectivity index (χ3v) is 7.74. The Kier molecular flexibility index (Phi) is 9.03. The largest absolute Gasteiger partial charge is 0.355 e. The van der Waals surface area contributed by atoms with Gasteiger partial charge >= 0.3 is 0 Å². The van der Waals surface area contributed by atoms with Crippen LogP contribution in [0, 0.1) is 28.9 Å². The molecular formula is C24H26F2N4O4S2. The number of carbonyl (C=O) groups excluding carboxylic acids is 2. The van der Waals surface area contributed by atoms with Gasteiger partial charge in [0.1, 0.15) is 28.5 Å². The van der Waals surface area contributed by atoms with Gasteiger partial charge in [0.05, 0.1) is 16.9 Å². The van der Waals surface area contributed by atoms with E-state index in [1.54, 1.807) is 12.3 Å². The summed E-state index contributed by atoms with van der Waals surface area (Å²) < 4.78 is 53.7. The standard InChI is InChI=1S/C24H26F2N4O4S2/c1-3-4-21(31)19-11-17(13-27)22(28-24(19)35-2)30-9-7-15(8-10-30)23(32)29-36(33,34)14-16-5-6-18(25)12-20(16)26/h5-6,11-12,15H,3-4,7-10,14H2,1-2H3,(H,29,32). The number of anilines is 1. The third kappa shape index (κ3) is 6.59. The van der Waals surface area contributed by atoms with E-state index in [0.29, 0.717) is 61.2 Å². The summed E-state index contributed by atoms with van der Waals surface area (Å²) >= 11 is 1.31. The number of Topliss-reactive ketones (excluding diaryl/α,β-unsaturated/α-hetero) is 1. The molecule has 0 radical (unpaired) electrons. The van der Waals surface area contributed by atoms with Crippen LogP contribution in [-0.4, -0.2) is 44.4 Å². The third-order valence-electron chi connectivity index (χ3n) is 5.84. The highest BCUT2D eigenvalue weighted by Crippen LogP contribution is 2.30. The van der Waals surface area contributed by atoms with Crippen molar-refractivity contribution in [3.05, 3.63) is 52.6 Å². The summed E-state index contributed by atoms with van der Waals surface area (Å²) in [5.74, 6) is -3.58. The first kappa shape index (κ1) is 27.5. The number of hydrogen-bond acceptors (Lipinski definition) is 8. The molecule has 1 aromatic heterocycles. The molecule has 1 saturated heterocycles. The first-order chi connectivity index (χ1) is 17.1. The van der Waals surface area contributed by atoms with E-state index in [2.05, 4.69) is 11.1 Å². The van der Waals surface area contributed by atoms with Crippen molar-refractivity contribution in [3.8, 4) is 6.07 Å². The number of rotatable bonds is 9. The predicted octanol–water partition coefficient (Wildman–Crippen LogP) is 3.80. The van der Waals surface area contributed by atoms with E-state index < -0.39 is 39.2 Å². The maximum atomic E-state index is 13.8. The van der Waals surface area contributed by atoms with Gasteiger partial charge in [0.15, 0.2) is 5.78 Å². The van der Waals surface area contributed by atoms with Gasteiger partial charge in [0, 0.05) is 37.1 Å². The van der Waals surface area contributed by atoms with Crippen LogP contribution in [0.2, 0.25) is 0 Å². The number of nitrogens with zero attached hydrogens (tertiary/aromatic N) is 3. The number of halogens is 2. The van der Waals surface area contributed by atoms with Gasteiger partial charge in [-0.2, -0.15) is 5.26 Å². The number of ketones is 1. The van der Waals surface area contributed by atoms with Gasteiger partial charge in [-0.15, -0.1) is 11.8 Å². The molecule has 2 aromatic rings. The fraction of sp³-hybridized carbons (Fsp3) is 0.417. The Labute approximate surface area is 213 Å². The number of sulfonamides is 1. The molecule has 0 unspecified atom stereocenters. The Morgan fingerprint density at radius 2 is 1.94 bits per heavy atom. The van der Waals surface area contributed by atoms with Crippen LogP contribution < -0.4 is 9.62 Å². The number of nitrogens with one attached hydrogen (secondary N) is 1. The Morgan fingerprint density at radius 3 is 2.53 bits per heavy atom. The van der Waals surface area contributed by atoms with Crippen molar-refractivity contribution in [1.29, 1.82) is 5.26 Å². The summed E-state index contributed by atoms with van der Waals surface area (Å²) in [6.07, 6.45) is 3.46. The minimum atomic E-state index is -4.19. The molecule has 0 aliphatic carbocycles. The van der Waals surface area contributed by atoms with Gasteiger partial charge in [0.2, 0.25) is 15.9 Å². The normalized spacial score (nSPS) is 14.4. The number of thioether (sulfide) groups is 1. The van der Waals surface area contributed by atoms with Crippen LogP contribution >= 0.6 is 11.8 Å². The van der Waals surface area contributed by atoms with Crippen molar-refractivity contribution in [2.75, 3.05) is 24.2 Å². The fourth-order valence-electron chi connectivity index (χ4n) is 4.00. The van der Waals surface area contributed by atoms with E-state index in [-0.39, 0.29) is 16.9 Å². The maximum Gasteiger partial charge on any atom is 0.239 e. The molecule has 192 valence electrons. The average Bonchev–Trinajstić information content (AvgIpc) is 2.84. The van der Waals surface area contributed by atoms with E-state index in [9.17, 15) is 32.0 Å². The highest BCUT2D eigenvalue weighted by molar-refractivity contribution is 7.98. The van der Waals surface area contributed by atoms with E-state index >= 15 is 0 Å². The summed E-state index contributed by atoms with van der Waals surface area (Å²) in [5.41, 5.74) is 0.438. The highest BCUT2D eigenvalue weighted by Gasteiger charge is 2.30. The molecule has 0 atom stereocenters. The van der Waals surface area contributed by atoms with Crippen molar-refractivity contribution in [1.82, 2.24) is 9.71 Å². The molecule has 0 bridgehead atoms. The topological polar surface area (TPSA) is 120 Å². The first-order valence-electron chi connectivity index (χ1n) is 11.3. The minimum absolute atomic E-state index is 0.0745. The van der Waals surface area contributed by atoms with Crippen molar-refractivity contribution in [2.45, 2.75) is 43.4 Å². The zero-order chi connectivity index (χ0) is 26.5. The number of amides is 1. The molecule has 1 fully saturated rings. The van der Waals surface area contributed by atoms with Crippen LogP contribution in [0.3, 0.4) is 0 Å². The number of aromatic nitrogens is 1. The van der Waals surface area contributed by atoms with Gasteiger partial charge in [0.25, 0.3) is 0 Å². The zero-order valence-corrected chi connectivity index (χ0v) is 21.5. The minimum Gasteiger partial charge on any atom is -0.355 e. The smallest absolute Gasteiger partial charge is 0.239 e. The lowest BCUT2D eigenvalue weighted by Crippen LogP contribution is -2.43. The van der Waals surface area contributed by atoms with Crippen LogP contribution in [0.5, 0.6) is 0 Å². The predicted molar refractivity (Wildman–Crippen MR) is 132 cm³/mol. The molecule has 0 spiro atoms. The van der Waals surface area contributed by atoms with Crippen LogP contribution in [0.1, 0.15) is 54.1 Å².